The van der Waals surface area contributed by atoms with Crippen molar-refractivity contribution in [1.82, 2.24) is 14.8 Å². The van der Waals surface area contributed by atoms with E-state index < -0.39 is 0 Å². The molecule has 0 atom stereocenters. The number of para-hydroxylation sites is 1. The first-order valence-corrected chi connectivity index (χ1v) is 11.7. The van der Waals surface area contributed by atoms with Gasteiger partial charge in [-0.15, -0.1) is 0 Å². The molecule has 0 aliphatic carbocycles. The van der Waals surface area contributed by atoms with Crippen molar-refractivity contribution in [1.29, 1.82) is 0 Å². The summed E-state index contributed by atoms with van der Waals surface area (Å²) in [7, 11) is 0. The second-order valence-corrected chi connectivity index (χ2v) is 8.56. The van der Waals surface area contributed by atoms with Gasteiger partial charge in [-0.2, -0.15) is 0 Å². The van der Waals surface area contributed by atoms with E-state index in [0.717, 1.165) is 55.7 Å². The molecule has 5 heteroatoms. The van der Waals surface area contributed by atoms with Gasteiger partial charge in [0, 0.05) is 38.1 Å². The number of aromatic nitrogens is 1. The van der Waals surface area contributed by atoms with Crippen LogP contribution in [0.25, 0.3) is 21.7 Å². The number of pyridine rings is 1. The van der Waals surface area contributed by atoms with Crippen molar-refractivity contribution in [3.05, 3.63) is 90.1 Å². The number of rotatable bonds is 7. The molecule has 1 amide bonds. The molecule has 0 unspecified atom stereocenters. The van der Waals surface area contributed by atoms with E-state index in [4.69, 9.17) is 4.74 Å². The number of carbonyl (C=O) groups excluding carboxylic acids is 1. The summed E-state index contributed by atoms with van der Waals surface area (Å²) in [4.78, 5) is 22.7. The zero-order valence-electron chi connectivity index (χ0n) is 18.8. The van der Waals surface area contributed by atoms with E-state index in [9.17, 15) is 4.79 Å². The Morgan fingerprint density at radius 2 is 1.64 bits per heavy atom. The van der Waals surface area contributed by atoms with Gasteiger partial charge in [-0.05, 0) is 34.9 Å². The molecule has 1 aromatic heterocycles. The fraction of sp³-hybridized carbons (Fsp3) is 0.286. The van der Waals surface area contributed by atoms with Gasteiger partial charge in [0.05, 0.1) is 18.7 Å². The molecule has 5 rings (SSSR count). The third kappa shape index (κ3) is 5.05. The molecule has 0 radical (unpaired) electrons. The summed E-state index contributed by atoms with van der Waals surface area (Å²) >= 11 is 0. The van der Waals surface area contributed by atoms with Crippen LogP contribution < -0.4 is 0 Å². The van der Waals surface area contributed by atoms with E-state index in [0.29, 0.717) is 18.8 Å². The summed E-state index contributed by atoms with van der Waals surface area (Å²) in [5.74, 6) is -0.0179. The predicted octanol–water partition coefficient (Wildman–Crippen LogP) is 4.75. The minimum Gasteiger partial charge on any atom is -0.379 e. The Morgan fingerprint density at radius 1 is 0.879 bits per heavy atom. The predicted molar refractivity (Wildman–Crippen MR) is 132 cm³/mol. The van der Waals surface area contributed by atoms with E-state index in [1.807, 2.05) is 41.3 Å². The zero-order valence-corrected chi connectivity index (χ0v) is 18.8. The Hall–Kier alpha value is -3.28. The van der Waals surface area contributed by atoms with Crippen LogP contribution in [0.3, 0.4) is 0 Å². The number of nitrogens with zero attached hydrogens (tertiary/aromatic N) is 3. The van der Waals surface area contributed by atoms with Crippen molar-refractivity contribution in [2.75, 3.05) is 39.4 Å². The molecule has 1 saturated heterocycles. The largest absolute Gasteiger partial charge is 0.379 e. The minimum absolute atomic E-state index is 0.0179. The van der Waals surface area contributed by atoms with Crippen LogP contribution in [0.4, 0.5) is 0 Å². The topological polar surface area (TPSA) is 45.7 Å². The number of amides is 1. The summed E-state index contributed by atoms with van der Waals surface area (Å²) in [6.45, 7) is 5.73. The maximum atomic E-state index is 13.6. The molecule has 1 aliphatic rings. The number of hydrogen-bond acceptors (Lipinski definition) is 4. The summed E-state index contributed by atoms with van der Waals surface area (Å²) in [6.07, 6.45) is 0.921. The monoisotopic (exact) mass is 439 g/mol. The van der Waals surface area contributed by atoms with Crippen molar-refractivity contribution in [3.8, 4) is 0 Å². The van der Waals surface area contributed by atoms with Crippen molar-refractivity contribution in [2.24, 2.45) is 0 Å². The average Bonchev–Trinajstić information content (AvgIpc) is 2.88. The fourth-order valence-corrected chi connectivity index (χ4v) is 4.55. The molecule has 168 valence electrons. The smallest absolute Gasteiger partial charge is 0.272 e. The highest BCUT2D eigenvalue weighted by Crippen LogP contribution is 2.21. The number of fused-ring (bicyclic) bond motifs is 2. The summed E-state index contributed by atoms with van der Waals surface area (Å²) in [5, 5.41) is 3.43. The number of benzene rings is 3. The lowest BCUT2D eigenvalue weighted by molar-refractivity contribution is 0.0355. The zero-order chi connectivity index (χ0) is 22.5. The molecule has 1 fully saturated rings. The van der Waals surface area contributed by atoms with E-state index >= 15 is 0 Å². The standard InChI is InChI=1S/C28H29N3O2/c32-28(27-14-13-23-8-2-4-12-26(23)29-27)31(16-6-15-30-17-19-33-20-18-30)21-24-10-5-9-22-7-1-3-11-25(22)24/h1-5,7-14H,6,15-21H2. The lowest BCUT2D eigenvalue weighted by atomic mass is 10.0. The second-order valence-electron chi connectivity index (χ2n) is 8.56. The lowest BCUT2D eigenvalue weighted by Crippen LogP contribution is -2.39. The molecule has 0 N–H and O–H groups in total. The van der Waals surface area contributed by atoms with Gasteiger partial charge in [0.25, 0.3) is 5.91 Å². The number of carbonyl (C=O) groups is 1. The van der Waals surface area contributed by atoms with Gasteiger partial charge >= 0.3 is 0 Å². The molecular weight excluding hydrogens is 410 g/mol. The first-order valence-electron chi connectivity index (χ1n) is 11.7. The SMILES string of the molecule is O=C(c1ccc2ccccc2n1)N(CCCN1CCOCC1)Cc1cccc2ccccc12. The van der Waals surface area contributed by atoms with E-state index in [2.05, 4.69) is 52.3 Å². The lowest BCUT2D eigenvalue weighted by Gasteiger charge is -2.28. The van der Waals surface area contributed by atoms with E-state index in [-0.39, 0.29) is 5.91 Å². The second kappa shape index (κ2) is 10.1. The highest BCUT2D eigenvalue weighted by atomic mass is 16.5. The number of morpholine rings is 1. The van der Waals surface area contributed by atoms with Crippen LogP contribution in [0.15, 0.2) is 78.9 Å². The van der Waals surface area contributed by atoms with Crippen LogP contribution in [0, 0.1) is 0 Å². The highest BCUT2D eigenvalue weighted by molar-refractivity contribution is 5.95. The third-order valence-electron chi connectivity index (χ3n) is 6.35. The normalized spacial score (nSPS) is 14.5. The first-order chi connectivity index (χ1) is 16.3. The fourth-order valence-electron chi connectivity index (χ4n) is 4.55. The molecule has 1 aliphatic heterocycles. The van der Waals surface area contributed by atoms with Crippen LogP contribution in [0.2, 0.25) is 0 Å². The molecule has 4 aromatic rings. The van der Waals surface area contributed by atoms with Crippen LogP contribution >= 0.6 is 0 Å². The van der Waals surface area contributed by atoms with Gasteiger partial charge in [0.1, 0.15) is 5.69 Å². The van der Waals surface area contributed by atoms with Gasteiger partial charge in [0.2, 0.25) is 0 Å². The molecule has 3 aromatic carbocycles. The minimum atomic E-state index is -0.0179. The molecule has 0 bridgehead atoms. The van der Waals surface area contributed by atoms with Gasteiger partial charge in [0.15, 0.2) is 0 Å². The molecule has 0 spiro atoms. The Labute approximate surface area is 194 Å². The summed E-state index contributed by atoms with van der Waals surface area (Å²) < 4.78 is 5.46. The van der Waals surface area contributed by atoms with Crippen molar-refractivity contribution in [2.45, 2.75) is 13.0 Å². The van der Waals surface area contributed by atoms with Gasteiger partial charge in [-0.1, -0.05) is 66.7 Å². The average molecular weight is 440 g/mol. The number of hydrogen-bond donors (Lipinski definition) is 0. The van der Waals surface area contributed by atoms with E-state index in [1.54, 1.807) is 0 Å². The molecule has 33 heavy (non-hydrogen) atoms. The third-order valence-corrected chi connectivity index (χ3v) is 6.35. The van der Waals surface area contributed by atoms with Crippen LogP contribution in [-0.4, -0.2) is 60.1 Å². The van der Waals surface area contributed by atoms with Crippen molar-refractivity contribution >= 4 is 27.6 Å². The van der Waals surface area contributed by atoms with E-state index in [1.165, 1.54) is 10.8 Å². The van der Waals surface area contributed by atoms with Gasteiger partial charge in [-0.25, -0.2) is 4.98 Å². The van der Waals surface area contributed by atoms with Gasteiger partial charge < -0.3 is 9.64 Å². The first kappa shape index (κ1) is 21.6. The Balaban J connectivity index is 1.39. The highest BCUT2D eigenvalue weighted by Gasteiger charge is 2.19. The van der Waals surface area contributed by atoms with Crippen LogP contribution in [-0.2, 0) is 11.3 Å². The summed E-state index contributed by atoms with van der Waals surface area (Å²) in [6, 6.07) is 26.4. The molecule has 5 nitrogen and oxygen atoms in total. The quantitative estimate of drug-likeness (QED) is 0.417. The van der Waals surface area contributed by atoms with Gasteiger partial charge in [-0.3, -0.25) is 9.69 Å². The molecule has 2 heterocycles. The molecule has 0 saturated carbocycles. The maximum absolute atomic E-state index is 13.6. The number of ether oxygens (including phenoxy) is 1. The Bertz CT molecular complexity index is 1240. The maximum Gasteiger partial charge on any atom is 0.272 e. The Morgan fingerprint density at radius 3 is 2.52 bits per heavy atom. The molecular formula is C28H29N3O2. The van der Waals surface area contributed by atoms with Crippen molar-refractivity contribution < 1.29 is 9.53 Å². The van der Waals surface area contributed by atoms with Crippen LogP contribution in [0.1, 0.15) is 22.5 Å². The van der Waals surface area contributed by atoms with Crippen molar-refractivity contribution in [3.63, 3.8) is 0 Å². The summed E-state index contributed by atoms with van der Waals surface area (Å²) in [5.41, 5.74) is 2.51. The van der Waals surface area contributed by atoms with Crippen LogP contribution in [0.5, 0.6) is 0 Å². The Kier molecular flexibility index (Phi) is 6.61.